The van der Waals surface area contributed by atoms with Crippen molar-refractivity contribution >= 4 is 33.3 Å². The predicted octanol–water partition coefficient (Wildman–Crippen LogP) is 2.63. The monoisotopic (exact) mass is 458 g/mol. The Hall–Kier alpha value is -2.46. The lowest BCUT2D eigenvalue weighted by molar-refractivity contribution is -0.136. The van der Waals surface area contributed by atoms with E-state index >= 15 is 0 Å². The van der Waals surface area contributed by atoms with Crippen molar-refractivity contribution in [3.63, 3.8) is 0 Å². The Morgan fingerprint density at radius 2 is 2.13 bits per heavy atom. The van der Waals surface area contributed by atoms with Crippen molar-refractivity contribution in [1.29, 1.82) is 0 Å². The average molecular weight is 459 g/mol. The summed E-state index contributed by atoms with van der Waals surface area (Å²) in [6.07, 6.45) is 0.344. The van der Waals surface area contributed by atoms with Crippen LogP contribution in [0.15, 0.2) is 22.7 Å². The summed E-state index contributed by atoms with van der Waals surface area (Å²) in [5.41, 5.74) is -0.371. The van der Waals surface area contributed by atoms with E-state index in [1.54, 1.807) is 6.92 Å². The number of sulfone groups is 1. The molecule has 0 aliphatic carbocycles. The third kappa shape index (κ3) is 4.49. The van der Waals surface area contributed by atoms with Crippen LogP contribution in [0.1, 0.15) is 29.5 Å². The predicted molar refractivity (Wildman–Crippen MR) is 106 cm³/mol. The molecule has 8 nitrogen and oxygen atoms in total. The molecule has 3 rings (SSSR count). The highest BCUT2D eigenvalue weighted by atomic mass is 35.5. The first-order chi connectivity index (χ1) is 14.1. The van der Waals surface area contributed by atoms with Gasteiger partial charge >= 0.3 is 5.97 Å². The first-order valence-corrected chi connectivity index (χ1v) is 11.4. The van der Waals surface area contributed by atoms with Crippen molar-refractivity contribution in [3.05, 3.63) is 40.4 Å². The molecule has 0 N–H and O–H groups in total. The molecule has 1 amide bonds. The number of halogens is 2. The molecule has 1 saturated heterocycles. The number of aromatic nitrogens is 1. The summed E-state index contributed by atoms with van der Waals surface area (Å²) >= 11 is 6.05. The summed E-state index contributed by atoms with van der Waals surface area (Å²) in [6.45, 7) is 2.84. The molecule has 2 heterocycles. The molecule has 1 aliphatic rings. The molecule has 0 bridgehead atoms. The standard InChI is InChI=1S/C19H20ClFN2O6S/c1-3-23(12-7-8-30(26,27)10-12)15(24)9-28-19(25)16-11(2)29-22-18(16)17-13(20)5-4-6-14(17)21/h4-6,12H,3,7-10H2,1-2H3. The fraction of sp³-hybridized carbons (Fsp3) is 0.421. The number of carbonyl (C=O) groups is 2. The number of aryl methyl sites for hydroxylation is 1. The minimum atomic E-state index is -3.17. The molecule has 0 spiro atoms. The lowest BCUT2D eigenvalue weighted by atomic mass is 10.1. The van der Waals surface area contributed by atoms with Gasteiger partial charge in [0.15, 0.2) is 16.4 Å². The molecule has 11 heteroatoms. The van der Waals surface area contributed by atoms with Gasteiger partial charge in [0.25, 0.3) is 5.91 Å². The summed E-state index contributed by atoms with van der Waals surface area (Å²) in [7, 11) is -3.17. The van der Waals surface area contributed by atoms with E-state index in [4.69, 9.17) is 20.9 Å². The highest BCUT2D eigenvalue weighted by Crippen LogP contribution is 2.33. The van der Waals surface area contributed by atoms with Gasteiger partial charge in [-0.3, -0.25) is 4.79 Å². The number of benzene rings is 1. The van der Waals surface area contributed by atoms with Gasteiger partial charge in [-0.1, -0.05) is 22.8 Å². The molecule has 1 aromatic carbocycles. The van der Waals surface area contributed by atoms with Crippen molar-refractivity contribution in [2.75, 3.05) is 24.7 Å². The molecule has 0 radical (unpaired) electrons. The summed E-state index contributed by atoms with van der Waals surface area (Å²) in [4.78, 5) is 26.5. The number of rotatable bonds is 6. The zero-order valence-electron chi connectivity index (χ0n) is 16.4. The van der Waals surface area contributed by atoms with E-state index in [-0.39, 0.29) is 45.7 Å². The zero-order valence-corrected chi connectivity index (χ0v) is 17.9. The summed E-state index contributed by atoms with van der Waals surface area (Å²) in [5, 5.41) is 3.76. The van der Waals surface area contributed by atoms with Crippen LogP contribution in [0.5, 0.6) is 0 Å². The topological polar surface area (TPSA) is 107 Å². The van der Waals surface area contributed by atoms with Gasteiger partial charge in [-0.15, -0.1) is 0 Å². The number of hydrogen-bond donors (Lipinski definition) is 0. The van der Waals surface area contributed by atoms with Crippen LogP contribution in [0.3, 0.4) is 0 Å². The molecule has 1 aliphatic heterocycles. The second-order valence-electron chi connectivity index (χ2n) is 6.87. The second kappa shape index (κ2) is 8.73. The Kier molecular flexibility index (Phi) is 6.47. The molecule has 0 saturated carbocycles. The molecule has 1 atom stereocenters. The number of ether oxygens (including phenoxy) is 1. The molecule has 1 fully saturated rings. The molecular weight excluding hydrogens is 439 g/mol. The van der Waals surface area contributed by atoms with E-state index < -0.39 is 40.2 Å². The minimum absolute atomic E-state index is 0.0217. The Morgan fingerprint density at radius 1 is 1.40 bits per heavy atom. The SMILES string of the molecule is CCN(C(=O)COC(=O)c1c(-c2c(F)cccc2Cl)noc1C)C1CCS(=O)(=O)C1. The Bertz CT molecular complexity index is 1060. The summed E-state index contributed by atoms with van der Waals surface area (Å²) < 4.78 is 47.8. The minimum Gasteiger partial charge on any atom is -0.452 e. The van der Waals surface area contributed by atoms with Crippen LogP contribution in [-0.2, 0) is 19.4 Å². The van der Waals surface area contributed by atoms with Crippen molar-refractivity contribution in [3.8, 4) is 11.3 Å². The quantitative estimate of drug-likeness (QED) is 0.612. The second-order valence-corrected chi connectivity index (χ2v) is 9.51. The zero-order chi connectivity index (χ0) is 22.1. The first-order valence-electron chi connectivity index (χ1n) is 9.22. The van der Waals surface area contributed by atoms with Gasteiger partial charge in [-0.05, 0) is 32.4 Å². The number of esters is 1. The summed E-state index contributed by atoms with van der Waals surface area (Å²) in [6, 6.07) is 3.57. The number of hydrogen-bond acceptors (Lipinski definition) is 7. The molecular formula is C19H20ClFN2O6S. The normalized spacial score (nSPS) is 17.7. The van der Waals surface area contributed by atoms with E-state index in [0.29, 0.717) is 6.42 Å². The maximum absolute atomic E-state index is 14.3. The molecule has 1 unspecified atom stereocenters. The highest BCUT2D eigenvalue weighted by Gasteiger charge is 2.34. The van der Waals surface area contributed by atoms with Gasteiger partial charge < -0.3 is 14.2 Å². The van der Waals surface area contributed by atoms with Crippen LogP contribution in [0.4, 0.5) is 4.39 Å². The average Bonchev–Trinajstić information content (AvgIpc) is 3.22. The van der Waals surface area contributed by atoms with Gasteiger partial charge in [0.05, 0.1) is 22.1 Å². The smallest absolute Gasteiger partial charge is 0.344 e. The van der Waals surface area contributed by atoms with E-state index in [2.05, 4.69) is 5.16 Å². The lowest BCUT2D eigenvalue weighted by Gasteiger charge is -2.26. The first kappa shape index (κ1) is 22.2. The molecule has 1 aromatic heterocycles. The van der Waals surface area contributed by atoms with Crippen molar-refractivity contribution in [2.45, 2.75) is 26.3 Å². The Balaban J connectivity index is 1.76. The van der Waals surface area contributed by atoms with Gasteiger partial charge in [-0.2, -0.15) is 0 Å². The largest absolute Gasteiger partial charge is 0.452 e. The van der Waals surface area contributed by atoms with Crippen molar-refractivity contribution < 1.29 is 31.7 Å². The third-order valence-corrected chi connectivity index (χ3v) is 6.97. The molecule has 162 valence electrons. The van der Waals surface area contributed by atoms with E-state index in [0.717, 1.165) is 0 Å². The van der Waals surface area contributed by atoms with Crippen LogP contribution < -0.4 is 0 Å². The van der Waals surface area contributed by atoms with E-state index in [1.807, 2.05) is 0 Å². The van der Waals surface area contributed by atoms with Crippen LogP contribution >= 0.6 is 11.6 Å². The number of nitrogens with zero attached hydrogens (tertiary/aromatic N) is 2. The maximum Gasteiger partial charge on any atom is 0.344 e. The lowest BCUT2D eigenvalue weighted by Crippen LogP contribution is -2.43. The number of amides is 1. The summed E-state index contributed by atoms with van der Waals surface area (Å²) in [5.74, 6) is -2.15. The highest BCUT2D eigenvalue weighted by molar-refractivity contribution is 7.91. The van der Waals surface area contributed by atoms with Crippen molar-refractivity contribution in [1.82, 2.24) is 10.1 Å². The fourth-order valence-electron chi connectivity index (χ4n) is 3.45. The van der Waals surface area contributed by atoms with Crippen LogP contribution in [0, 0.1) is 12.7 Å². The van der Waals surface area contributed by atoms with Crippen LogP contribution in [0.2, 0.25) is 5.02 Å². The number of likely N-dealkylation sites (N-methyl/N-ethyl adjacent to an activating group) is 1. The van der Waals surface area contributed by atoms with Crippen LogP contribution in [-0.4, -0.2) is 61.1 Å². The Labute approximate surface area is 177 Å². The maximum atomic E-state index is 14.3. The van der Waals surface area contributed by atoms with Gasteiger partial charge in [0.2, 0.25) is 0 Å². The van der Waals surface area contributed by atoms with E-state index in [9.17, 15) is 22.4 Å². The van der Waals surface area contributed by atoms with Gasteiger partial charge in [0, 0.05) is 12.6 Å². The van der Waals surface area contributed by atoms with E-state index in [1.165, 1.54) is 30.0 Å². The van der Waals surface area contributed by atoms with Gasteiger partial charge in [0.1, 0.15) is 22.8 Å². The fourth-order valence-corrected chi connectivity index (χ4v) is 5.43. The van der Waals surface area contributed by atoms with Crippen LogP contribution in [0.25, 0.3) is 11.3 Å². The molecule has 2 aromatic rings. The molecule has 30 heavy (non-hydrogen) atoms. The Morgan fingerprint density at radius 3 is 2.73 bits per heavy atom. The third-order valence-electron chi connectivity index (χ3n) is 4.90. The van der Waals surface area contributed by atoms with Crippen molar-refractivity contribution in [2.24, 2.45) is 0 Å². The number of carbonyl (C=O) groups excluding carboxylic acids is 2. The van der Waals surface area contributed by atoms with Gasteiger partial charge in [-0.25, -0.2) is 17.6 Å².